The van der Waals surface area contributed by atoms with Crippen molar-refractivity contribution in [3.63, 3.8) is 0 Å². The first-order valence-corrected chi connectivity index (χ1v) is 6.50. The molecule has 6 nitrogen and oxygen atoms in total. The van der Waals surface area contributed by atoms with E-state index in [0.29, 0.717) is 31.5 Å². The second-order valence-corrected chi connectivity index (χ2v) is 5.21. The minimum Gasteiger partial charge on any atom is -0.481 e. The van der Waals surface area contributed by atoms with Crippen LogP contribution in [0.25, 0.3) is 0 Å². The highest BCUT2D eigenvalue weighted by Crippen LogP contribution is 2.36. The number of carboxylic acid groups (broad SMARTS) is 1. The van der Waals surface area contributed by atoms with Gasteiger partial charge in [-0.1, -0.05) is 13.3 Å². The Morgan fingerprint density at radius 3 is 2.79 bits per heavy atom. The van der Waals surface area contributed by atoms with E-state index in [1.165, 1.54) is 6.20 Å². The number of carbonyl (C=O) groups excluding carboxylic acids is 1. The molecule has 1 fully saturated rings. The lowest BCUT2D eigenvalue weighted by Gasteiger charge is -2.24. The van der Waals surface area contributed by atoms with Crippen LogP contribution in [0.15, 0.2) is 12.4 Å². The van der Waals surface area contributed by atoms with Crippen molar-refractivity contribution in [2.45, 2.75) is 26.2 Å². The van der Waals surface area contributed by atoms with Crippen molar-refractivity contribution in [3.05, 3.63) is 18.0 Å². The summed E-state index contributed by atoms with van der Waals surface area (Å²) in [5.74, 6) is -0.928. The van der Waals surface area contributed by atoms with Crippen LogP contribution in [0.5, 0.6) is 0 Å². The van der Waals surface area contributed by atoms with E-state index in [9.17, 15) is 14.7 Å². The van der Waals surface area contributed by atoms with E-state index in [0.717, 1.165) is 6.42 Å². The molecule has 6 heteroatoms. The molecule has 2 heterocycles. The molecule has 0 aliphatic carbocycles. The Morgan fingerprint density at radius 1 is 1.53 bits per heavy atom. The number of aliphatic carboxylic acids is 1. The van der Waals surface area contributed by atoms with Crippen LogP contribution in [-0.2, 0) is 11.8 Å². The molecule has 1 aliphatic rings. The second-order valence-electron chi connectivity index (χ2n) is 5.21. The van der Waals surface area contributed by atoms with Gasteiger partial charge in [0.2, 0.25) is 0 Å². The Kier molecular flexibility index (Phi) is 3.59. The van der Waals surface area contributed by atoms with Crippen molar-refractivity contribution < 1.29 is 14.7 Å². The molecule has 19 heavy (non-hydrogen) atoms. The van der Waals surface area contributed by atoms with Gasteiger partial charge in [0.1, 0.15) is 0 Å². The van der Waals surface area contributed by atoms with Crippen LogP contribution in [0.3, 0.4) is 0 Å². The highest BCUT2D eigenvalue weighted by molar-refractivity contribution is 5.94. The van der Waals surface area contributed by atoms with Crippen molar-refractivity contribution in [2.24, 2.45) is 12.5 Å². The Hall–Kier alpha value is -1.85. The van der Waals surface area contributed by atoms with E-state index >= 15 is 0 Å². The number of aryl methyl sites for hydroxylation is 1. The van der Waals surface area contributed by atoms with Gasteiger partial charge < -0.3 is 10.0 Å². The second kappa shape index (κ2) is 5.03. The molecule has 1 atom stereocenters. The SMILES string of the molecule is CCCC1(C(=O)O)CCN(C(=O)c2cnn(C)c2)C1. The van der Waals surface area contributed by atoms with Gasteiger partial charge in [-0.05, 0) is 12.8 Å². The summed E-state index contributed by atoms with van der Waals surface area (Å²) in [5.41, 5.74) is -0.257. The molecule has 1 aromatic heterocycles. The number of carboxylic acids is 1. The maximum atomic E-state index is 12.3. The first-order chi connectivity index (χ1) is 8.98. The van der Waals surface area contributed by atoms with Gasteiger partial charge in [-0.15, -0.1) is 0 Å². The van der Waals surface area contributed by atoms with Gasteiger partial charge in [0, 0.05) is 26.3 Å². The lowest BCUT2D eigenvalue weighted by Crippen LogP contribution is -2.36. The van der Waals surface area contributed by atoms with Gasteiger partial charge in [-0.25, -0.2) is 0 Å². The summed E-state index contributed by atoms with van der Waals surface area (Å²) >= 11 is 0. The number of aromatic nitrogens is 2. The van der Waals surface area contributed by atoms with Gasteiger partial charge in [0.25, 0.3) is 5.91 Å². The highest BCUT2D eigenvalue weighted by atomic mass is 16.4. The first kappa shape index (κ1) is 13.6. The fourth-order valence-electron chi connectivity index (χ4n) is 2.72. The van der Waals surface area contributed by atoms with Gasteiger partial charge >= 0.3 is 5.97 Å². The van der Waals surface area contributed by atoms with Crippen LogP contribution in [0.2, 0.25) is 0 Å². The zero-order valence-electron chi connectivity index (χ0n) is 11.3. The molecule has 1 amide bonds. The molecular weight excluding hydrogens is 246 g/mol. The molecule has 0 radical (unpaired) electrons. The predicted octanol–water partition coefficient (Wildman–Crippen LogP) is 1.14. The standard InChI is InChI=1S/C13H19N3O3/c1-3-4-13(12(18)19)5-6-16(9-13)11(17)10-7-14-15(2)8-10/h7-8H,3-6,9H2,1-2H3,(H,18,19). The zero-order chi connectivity index (χ0) is 14.0. The molecule has 0 aromatic carbocycles. The zero-order valence-corrected chi connectivity index (χ0v) is 11.3. The third-order valence-corrected chi connectivity index (χ3v) is 3.78. The van der Waals surface area contributed by atoms with Crippen molar-refractivity contribution in [2.75, 3.05) is 13.1 Å². The summed E-state index contributed by atoms with van der Waals surface area (Å²) in [4.78, 5) is 25.3. The number of nitrogens with zero attached hydrogens (tertiary/aromatic N) is 3. The molecule has 0 saturated carbocycles. The van der Waals surface area contributed by atoms with Gasteiger partial charge in [-0.2, -0.15) is 5.10 Å². The van der Waals surface area contributed by atoms with Crippen LogP contribution in [0.1, 0.15) is 36.5 Å². The first-order valence-electron chi connectivity index (χ1n) is 6.50. The fourth-order valence-corrected chi connectivity index (χ4v) is 2.72. The average molecular weight is 265 g/mol. The summed E-state index contributed by atoms with van der Waals surface area (Å²) in [6, 6.07) is 0. The van der Waals surface area contributed by atoms with Crippen molar-refractivity contribution in [1.82, 2.24) is 14.7 Å². The summed E-state index contributed by atoms with van der Waals surface area (Å²) in [5, 5.41) is 13.4. The molecule has 2 rings (SSSR count). The molecule has 1 aliphatic heterocycles. The van der Waals surface area contributed by atoms with Crippen LogP contribution in [-0.4, -0.2) is 44.8 Å². The molecule has 1 aromatic rings. The topological polar surface area (TPSA) is 75.4 Å². The molecule has 1 unspecified atom stereocenters. The molecule has 1 N–H and O–H groups in total. The van der Waals surface area contributed by atoms with Gasteiger partial charge in [-0.3, -0.25) is 14.3 Å². The van der Waals surface area contributed by atoms with Crippen LogP contribution < -0.4 is 0 Å². The molecule has 1 saturated heterocycles. The normalized spacial score (nSPS) is 22.7. The number of hydrogen-bond donors (Lipinski definition) is 1. The van der Waals surface area contributed by atoms with Crippen LogP contribution >= 0.6 is 0 Å². The summed E-state index contributed by atoms with van der Waals surface area (Å²) in [7, 11) is 1.75. The minimum atomic E-state index is -0.796. The lowest BCUT2D eigenvalue weighted by atomic mass is 9.83. The average Bonchev–Trinajstić information content (AvgIpc) is 2.96. The van der Waals surface area contributed by atoms with E-state index < -0.39 is 11.4 Å². The van der Waals surface area contributed by atoms with Crippen LogP contribution in [0.4, 0.5) is 0 Å². The fraction of sp³-hybridized carbons (Fsp3) is 0.615. The maximum absolute atomic E-state index is 12.3. The number of amides is 1. The molecular formula is C13H19N3O3. The Labute approximate surface area is 112 Å². The van der Waals surface area contributed by atoms with E-state index in [1.807, 2.05) is 6.92 Å². The smallest absolute Gasteiger partial charge is 0.311 e. The van der Waals surface area contributed by atoms with E-state index in [1.54, 1.807) is 22.8 Å². The van der Waals surface area contributed by atoms with E-state index in [4.69, 9.17) is 0 Å². The van der Waals surface area contributed by atoms with Gasteiger partial charge in [0.15, 0.2) is 0 Å². The highest BCUT2D eigenvalue weighted by Gasteiger charge is 2.45. The number of likely N-dealkylation sites (tertiary alicyclic amines) is 1. The third kappa shape index (κ3) is 2.47. The molecule has 0 bridgehead atoms. The Balaban J connectivity index is 2.13. The number of rotatable bonds is 4. The largest absolute Gasteiger partial charge is 0.481 e. The van der Waals surface area contributed by atoms with Crippen molar-refractivity contribution in [3.8, 4) is 0 Å². The van der Waals surface area contributed by atoms with Gasteiger partial charge in [0.05, 0.1) is 17.2 Å². The molecule has 104 valence electrons. The quantitative estimate of drug-likeness (QED) is 0.885. The maximum Gasteiger partial charge on any atom is 0.311 e. The van der Waals surface area contributed by atoms with Crippen LogP contribution in [0, 0.1) is 5.41 Å². The third-order valence-electron chi connectivity index (χ3n) is 3.78. The Morgan fingerprint density at radius 2 is 2.26 bits per heavy atom. The summed E-state index contributed by atoms with van der Waals surface area (Å²) < 4.78 is 1.57. The summed E-state index contributed by atoms with van der Waals surface area (Å²) in [6.07, 6.45) is 5.12. The lowest BCUT2D eigenvalue weighted by molar-refractivity contribution is -0.148. The minimum absolute atomic E-state index is 0.132. The summed E-state index contributed by atoms with van der Waals surface area (Å²) in [6.45, 7) is 2.76. The number of hydrogen-bond acceptors (Lipinski definition) is 3. The van der Waals surface area contributed by atoms with E-state index in [-0.39, 0.29) is 5.91 Å². The monoisotopic (exact) mass is 265 g/mol. The Bertz CT molecular complexity index is 497. The molecule has 0 spiro atoms. The van der Waals surface area contributed by atoms with Crippen molar-refractivity contribution >= 4 is 11.9 Å². The van der Waals surface area contributed by atoms with E-state index in [2.05, 4.69) is 5.10 Å². The number of carbonyl (C=O) groups is 2. The van der Waals surface area contributed by atoms with Crippen molar-refractivity contribution in [1.29, 1.82) is 0 Å². The predicted molar refractivity (Wildman–Crippen MR) is 68.7 cm³/mol.